The van der Waals surface area contributed by atoms with Gasteiger partial charge >= 0.3 is 0 Å². The summed E-state index contributed by atoms with van der Waals surface area (Å²) in [6, 6.07) is 3.85. The fourth-order valence-corrected chi connectivity index (χ4v) is 3.26. The van der Waals surface area contributed by atoms with E-state index in [4.69, 9.17) is 4.74 Å². The van der Waals surface area contributed by atoms with Crippen molar-refractivity contribution in [3.8, 4) is 11.5 Å². The van der Waals surface area contributed by atoms with Crippen LogP contribution in [0.15, 0.2) is 16.6 Å². The number of phenols is 1. The molecule has 1 fully saturated rings. The number of halogens is 1. The average molecular weight is 343 g/mol. The Labute approximate surface area is 129 Å². The van der Waals surface area contributed by atoms with Gasteiger partial charge in [0, 0.05) is 13.1 Å². The molecule has 1 aliphatic rings. The number of nitrogens with zero attached hydrogens (tertiary/aromatic N) is 1. The number of methoxy groups -OCH3 is 1. The molecule has 1 aromatic carbocycles. The van der Waals surface area contributed by atoms with Crippen LogP contribution in [0.2, 0.25) is 0 Å². The van der Waals surface area contributed by atoms with E-state index in [0.29, 0.717) is 10.2 Å². The third kappa shape index (κ3) is 4.11. The van der Waals surface area contributed by atoms with Gasteiger partial charge in [0.25, 0.3) is 0 Å². The van der Waals surface area contributed by atoms with Gasteiger partial charge in [-0.15, -0.1) is 0 Å². The SMILES string of the molecule is COc1cc(CN(C)CC2CCCNC2)cc(Br)c1O. The number of phenolic OH excluding ortho intramolecular Hbond substituents is 1. The molecular formula is C15H23BrN2O2. The van der Waals surface area contributed by atoms with Crippen LogP contribution in [0.3, 0.4) is 0 Å². The van der Waals surface area contributed by atoms with E-state index in [1.54, 1.807) is 7.11 Å². The zero-order valence-electron chi connectivity index (χ0n) is 12.2. The molecule has 0 aliphatic carbocycles. The molecule has 1 aliphatic heterocycles. The largest absolute Gasteiger partial charge is 0.503 e. The molecular weight excluding hydrogens is 320 g/mol. The average Bonchev–Trinajstić information content (AvgIpc) is 2.43. The molecule has 112 valence electrons. The van der Waals surface area contributed by atoms with Crippen molar-refractivity contribution in [1.29, 1.82) is 0 Å². The summed E-state index contributed by atoms with van der Waals surface area (Å²) < 4.78 is 5.87. The third-order valence-electron chi connectivity index (χ3n) is 3.73. The lowest BCUT2D eigenvalue weighted by Crippen LogP contribution is -2.36. The van der Waals surface area contributed by atoms with Gasteiger partial charge in [-0.3, -0.25) is 0 Å². The molecule has 1 atom stereocenters. The molecule has 1 unspecified atom stereocenters. The highest BCUT2D eigenvalue weighted by molar-refractivity contribution is 9.10. The fourth-order valence-electron chi connectivity index (χ4n) is 2.77. The van der Waals surface area contributed by atoms with Crippen LogP contribution in [0.5, 0.6) is 11.5 Å². The van der Waals surface area contributed by atoms with Crippen LogP contribution < -0.4 is 10.1 Å². The van der Waals surface area contributed by atoms with Crippen molar-refractivity contribution >= 4 is 15.9 Å². The summed E-state index contributed by atoms with van der Waals surface area (Å²) in [5, 5.41) is 13.3. The van der Waals surface area contributed by atoms with E-state index in [2.05, 4.69) is 33.2 Å². The number of hydrogen-bond donors (Lipinski definition) is 2. The van der Waals surface area contributed by atoms with E-state index < -0.39 is 0 Å². The summed E-state index contributed by atoms with van der Waals surface area (Å²) in [5.74, 6) is 1.41. The minimum absolute atomic E-state index is 0.162. The molecule has 0 spiro atoms. The second-order valence-electron chi connectivity index (χ2n) is 5.54. The second kappa shape index (κ2) is 7.29. The molecule has 1 heterocycles. The van der Waals surface area contributed by atoms with Crippen molar-refractivity contribution in [2.75, 3.05) is 33.8 Å². The Hall–Kier alpha value is -0.780. The number of ether oxygens (including phenoxy) is 1. The lowest BCUT2D eigenvalue weighted by Gasteiger charge is -2.27. The van der Waals surface area contributed by atoms with E-state index in [0.717, 1.165) is 37.7 Å². The van der Waals surface area contributed by atoms with Crippen molar-refractivity contribution in [3.63, 3.8) is 0 Å². The van der Waals surface area contributed by atoms with Crippen LogP contribution in [0.4, 0.5) is 0 Å². The lowest BCUT2D eigenvalue weighted by molar-refractivity contribution is 0.237. The molecule has 1 aromatic rings. The smallest absolute Gasteiger partial charge is 0.172 e. The molecule has 0 bridgehead atoms. The van der Waals surface area contributed by atoms with Gasteiger partial charge in [-0.25, -0.2) is 0 Å². The van der Waals surface area contributed by atoms with Crippen LogP contribution in [-0.4, -0.2) is 43.8 Å². The maximum absolute atomic E-state index is 9.82. The Balaban J connectivity index is 1.96. The number of nitrogens with one attached hydrogen (secondary N) is 1. The monoisotopic (exact) mass is 342 g/mol. The zero-order valence-corrected chi connectivity index (χ0v) is 13.7. The summed E-state index contributed by atoms with van der Waals surface area (Å²) in [6.07, 6.45) is 2.58. The predicted molar refractivity (Wildman–Crippen MR) is 84.3 cm³/mol. The summed E-state index contributed by atoms with van der Waals surface area (Å²) in [6.45, 7) is 4.22. The highest BCUT2D eigenvalue weighted by Crippen LogP contribution is 2.35. The Morgan fingerprint density at radius 1 is 1.50 bits per heavy atom. The van der Waals surface area contributed by atoms with Gasteiger partial charge in [-0.05, 0) is 72.5 Å². The first-order valence-corrected chi connectivity index (χ1v) is 7.84. The van der Waals surface area contributed by atoms with Gasteiger partial charge in [-0.2, -0.15) is 0 Å². The van der Waals surface area contributed by atoms with Crippen molar-refractivity contribution in [3.05, 3.63) is 22.2 Å². The number of aromatic hydroxyl groups is 1. The summed E-state index contributed by atoms with van der Waals surface area (Å²) in [5.41, 5.74) is 1.14. The number of piperidine rings is 1. The van der Waals surface area contributed by atoms with Crippen LogP contribution in [0.1, 0.15) is 18.4 Å². The molecule has 2 N–H and O–H groups in total. The van der Waals surface area contributed by atoms with E-state index in [1.165, 1.54) is 12.8 Å². The molecule has 0 amide bonds. The molecule has 0 radical (unpaired) electrons. The first kappa shape index (κ1) is 15.6. The van der Waals surface area contributed by atoms with E-state index in [9.17, 15) is 5.11 Å². The predicted octanol–water partition coefficient (Wildman–Crippen LogP) is 2.59. The normalized spacial score (nSPS) is 19.3. The number of rotatable bonds is 5. The van der Waals surface area contributed by atoms with E-state index in [-0.39, 0.29) is 5.75 Å². The minimum Gasteiger partial charge on any atom is -0.503 e. The van der Waals surface area contributed by atoms with Gasteiger partial charge in [-0.1, -0.05) is 0 Å². The Morgan fingerprint density at radius 2 is 2.30 bits per heavy atom. The molecule has 0 saturated carbocycles. The standard InChI is InChI=1S/C15H23BrN2O2/c1-18(9-11-4-3-5-17-8-11)10-12-6-13(16)15(19)14(7-12)20-2/h6-7,11,17,19H,3-5,8-10H2,1-2H3. The molecule has 4 nitrogen and oxygen atoms in total. The molecule has 5 heteroatoms. The highest BCUT2D eigenvalue weighted by Gasteiger charge is 2.16. The molecule has 0 aromatic heterocycles. The van der Waals surface area contributed by atoms with Gasteiger partial charge in [0.05, 0.1) is 11.6 Å². The zero-order chi connectivity index (χ0) is 14.5. The quantitative estimate of drug-likeness (QED) is 0.863. The van der Waals surface area contributed by atoms with Crippen molar-refractivity contribution < 1.29 is 9.84 Å². The van der Waals surface area contributed by atoms with Gasteiger partial charge in [0.1, 0.15) is 0 Å². The summed E-state index contributed by atoms with van der Waals surface area (Å²) >= 11 is 3.37. The third-order valence-corrected chi connectivity index (χ3v) is 4.33. The van der Waals surface area contributed by atoms with Crippen LogP contribution in [-0.2, 0) is 6.54 Å². The van der Waals surface area contributed by atoms with Crippen molar-refractivity contribution in [2.24, 2.45) is 5.92 Å². The number of hydrogen-bond acceptors (Lipinski definition) is 4. The van der Waals surface area contributed by atoms with Crippen molar-refractivity contribution in [2.45, 2.75) is 19.4 Å². The molecule has 2 rings (SSSR count). The number of benzene rings is 1. The first-order valence-electron chi connectivity index (χ1n) is 7.04. The maximum Gasteiger partial charge on any atom is 0.172 e. The summed E-state index contributed by atoms with van der Waals surface area (Å²) in [4.78, 5) is 2.33. The Morgan fingerprint density at radius 3 is 2.95 bits per heavy atom. The van der Waals surface area contributed by atoms with Crippen LogP contribution in [0, 0.1) is 5.92 Å². The lowest BCUT2D eigenvalue weighted by atomic mass is 9.99. The second-order valence-corrected chi connectivity index (χ2v) is 6.39. The topological polar surface area (TPSA) is 44.7 Å². The van der Waals surface area contributed by atoms with Gasteiger partial charge in [0.15, 0.2) is 11.5 Å². The molecule has 1 saturated heterocycles. The summed E-state index contributed by atoms with van der Waals surface area (Å²) in [7, 11) is 3.71. The highest BCUT2D eigenvalue weighted by atomic mass is 79.9. The first-order chi connectivity index (χ1) is 9.60. The minimum atomic E-state index is 0.162. The van der Waals surface area contributed by atoms with Crippen molar-refractivity contribution in [1.82, 2.24) is 10.2 Å². The Bertz CT molecular complexity index is 448. The fraction of sp³-hybridized carbons (Fsp3) is 0.600. The van der Waals surface area contributed by atoms with Crippen LogP contribution in [0.25, 0.3) is 0 Å². The van der Waals surface area contributed by atoms with E-state index in [1.807, 2.05) is 12.1 Å². The molecule has 20 heavy (non-hydrogen) atoms. The van der Waals surface area contributed by atoms with E-state index >= 15 is 0 Å². The van der Waals surface area contributed by atoms with Crippen LogP contribution >= 0.6 is 15.9 Å². The van der Waals surface area contributed by atoms with Gasteiger partial charge < -0.3 is 20.1 Å². The maximum atomic E-state index is 9.82. The van der Waals surface area contributed by atoms with Gasteiger partial charge in [0.2, 0.25) is 0 Å². The Kier molecular flexibility index (Phi) is 5.69.